The molecule has 0 heterocycles. The first-order chi connectivity index (χ1) is 14.0. The van der Waals surface area contributed by atoms with Crippen LogP contribution in [0.3, 0.4) is 0 Å². The van der Waals surface area contributed by atoms with E-state index in [4.69, 9.17) is 4.74 Å². The number of ether oxygens (including phenoxy) is 1. The molecular weight excluding hydrogens is 374 g/mol. The predicted molar refractivity (Wildman–Crippen MR) is 106 cm³/mol. The highest BCUT2D eigenvalue weighted by molar-refractivity contribution is 5.84. The molecule has 0 aliphatic heterocycles. The summed E-state index contributed by atoms with van der Waals surface area (Å²) in [5, 5.41) is 16.2. The van der Waals surface area contributed by atoms with Crippen LogP contribution in [0.25, 0.3) is 0 Å². The molecule has 0 saturated heterocycles. The quantitative estimate of drug-likeness (QED) is 0.421. The predicted octanol–water partition coefficient (Wildman–Crippen LogP) is 3.62. The third kappa shape index (κ3) is 5.78. The summed E-state index contributed by atoms with van der Waals surface area (Å²) in [6, 6.07) is 13.4. The number of carbonyl (C=O) groups is 2. The van der Waals surface area contributed by atoms with Gasteiger partial charge in [0.15, 0.2) is 6.04 Å². The Labute approximate surface area is 168 Å². The maximum Gasteiger partial charge on any atom is 0.333 e. The van der Waals surface area contributed by atoms with E-state index in [0.717, 1.165) is 25.7 Å². The Morgan fingerprint density at radius 3 is 2.52 bits per heavy atom. The van der Waals surface area contributed by atoms with Crippen LogP contribution in [0.4, 0.5) is 10.5 Å². The number of amides is 2. The number of nitro groups is 1. The van der Waals surface area contributed by atoms with Gasteiger partial charge in [-0.3, -0.25) is 10.1 Å². The third-order valence-corrected chi connectivity index (χ3v) is 4.80. The van der Waals surface area contributed by atoms with Gasteiger partial charge in [0.05, 0.1) is 4.92 Å². The van der Waals surface area contributed by atoms with E-state index in [1.54, 1.807) is 36.4 Å². The molecule has 152 valence electrons. The molecule has 2 N–H and O–H groups in total. The molecule has 0 unspecified atom stereocenters. The summed E-state index contributed by atoms with van der Waals surface area (Å²) in [5.74, 6) is -0.492. The Morgan fingerprint density at radius 2 is 1.83 bits per heavy atom. The van der Waals surface area contributed by atoms with Crippen LogP contribution in [-0.4, -0.2) is 23.0 Å². The summed E-state index contributed by atoms with van der Waals surface area (Å²) >= 11 is 0. The fourth-order valence-electron chi connectivity index (χ4n) is 3.31. The zero-order valence-electron chi connectivity index (χ0n) is 15.9. The van der Waals surface area contributed by atoms with E-state index in [0.29, 0.717) is 11.1 Å². The van der Waals surface area contributed by atoms with Gasteiger partial charge in [-0.15, -0.1) is 0 Å². The highest BCUT2D eigenvalue weighted by Gasteiger charge is 2.28. The van der Waals surface area contributed by atoms with Gasteiger partial charge in [0.25, 0.3) is 5.69 Å². The van der Waals surface area contributed by atoms with Crippen molar-refractivity contribution in [2.24, 2.45) is 0 Å². The number of urea groups is 1. The second-order valence-electron chi connectivity index (χ2n) is 6.94. The number of nitrogens with one attached hydrogen (secondary N) is 2. The Balaban J connectivity index is 1.63. The van der Waals surface area contributed by atoms with Crippen LogP contribution in [-0.2, 0) is 16.1 Å². The lowest BCUT2D eigenvalue weighted by molar-refractivity contribution is -0.384. The van der Waals surface area contributed by atoms with Crippen molar-refractivity contribution in [1.82, 2.24) is 10.6 Å². The lowest BCUT2D eigenvalue weighted by Gasteiger charge is -2.21. The largest absolute Gasteiger partial charge is 0.461 e. The molecule has 3 rings (SSSR count). The summed E-state index contributed by atoms with van der Waals surface area (Å²) in [6.07, 6.45) is 3.64. The van der Waals surface area contributed by atoms with Gasteiger partial charge in [0.1, 0.15) is 6.10 Å². The van der Waals surface area contributed by atoms with Crippen molar-refractivity contribution in [1.29, 1.82) is 0 Å². The number of rotatable bonds is 7. The molecule has 1 atom stereocenters. The summed E-state index contributed by atoms with van der Waals surface area (Å²) in [7, 11) is 0. The van der Waals surface area contributed by atoms with Crippen molar-refractivity contribution in [3.8, 4) is 0 Å². The molecule has 1 fully saturated rings. The van der Waals surface area contributed by atoms with Crippen LogP contribution in [0.1, 0.15) is 42.9 Å². The van der Waals surface area contributed by atoms with Gasteiger partial charge in [-0.25, -0.2) is 9.59 Å². The van der Waals surface area contributed by atoms with Gasteiger partial charge in [-0.2, -0.15) is 0 Å². The zero-order chi connectivity index (χ0) is 20.6. The molecule has 0 spiro atoms. The Kier molecular flexibility index (Phi) is 6.78. The number of nitro benzene ring substituents is 1. The van der Waals surface area contributed by atoms with E-state index in [9.17, 15) is 19.7 Å². The number of carbonyl (C=O) groups excluding carboxylic acids is 2. The smallest absolute Gasteiger partial charge is 0.333 e. The number of hydrogen-bond acceptors (Lipinski definition) is 5. The number of nitrogens with zero attached hydrogens (tertiary/aromatic N) is 1. The van der Waals surface area contributed by atoms with Crippen LogP contribution >= 0.6 is 0 Å². The fourth-order valence-corrected chi connectivity index (χ4v) is 3.31. The van der Waals surface area contributed by atoms with Crippen LogP contribution in [0.5, 0.6) is 0 Å². The lowest BCUT2D eigenvalue weighted by atomic mass is 10.1. The molecule has 29 heavy (non-hydrogen) atoms. The fraction of sp³-hybridized carbons (Fsp3) is 0.333. The van der Waals surface area contributed by atoms with Gasteiger partial charge < -0.3 is 15.4 Å². The molecule has 0 aromatic heterocycles. The summed E-state index contributed by atoms with van der Waals surface area (Å²) in [5.41, 5.74) is 1.16. The number of benzene rings is 2. The monoisotopic (exact) mass is 397 g/mol. The zero-order valence-corrected chi connectivity index (χ0v) is 15.9. The van der Waals surface area contributed by atoms with Gasteiger partial charge in [-0.05, 0) is 36.8 Å². The molecule has 2 amide bonds. The van der Waals surface area contributed by atoms with Crippen molar-refractivity contribution >= 4 is 17.7 Å². The van der Waals surface area contributed by atoms with E-state index in [1.165, 1.54) is 12.1 Å². The van der Waals surface area contributed by atoms with E-state index >= 15 is 0 Å². The Bertz CT molecular complexity index is 866. The lowest BCUT2D eigenvalue weighted by Crippen LogP contribution is -2.41. The van der Waals surface area contributed by atoms with Crippen LogP contribution in [0.15, 0.2) is 54.6 Å². The topological polar surface area (TPSA) is 111 Å². The minimum Gasteiger partial charge on any atom is -0.461 e. The molecule has 1 aliphatic rings. The maximum atomic E-state index is 12.7. The normalized spacial score (nSPS) is 14.8. The first-order valence-electron chi connectivity index (χ1n) is 9.56. The van der Waals surface area contributed by atoms with Crippen molar-refractivity contribution in [2.75, 3.05) is 0 Å². The van der Waals surface area contributed by atoms with Crippen LogP contribution < -0.4 is 10.6 Å². The van der Waals surface area contributed by atoms with Crippen molar-refractivity contribution in [3.05, 3.63) is 75.8 Å². The van der Waals surface area contributed by atoms with Crippen LogP contribution in [0.2, 0.25) is 0 Å². The minimum absolute atomic E-state index is 0.0491. The third-order valence-electron chi connectivity index (χ3n) is 4.80. The summed E-state index contributed by atoms with van der Waals surface area (Å²) < 4.78 is 5.58. The van der Waals surface area contributed by atoms with Gasteiger partial charge >= 0.3 is 12.0 Å². The second-order valence-corrected chi connectivity index (χ2v) is 6.94. The maximum absolute atomic E-state index is 12.7. The highest BCUT2D eigenvalue weighted by atomic mass is 16.6. The molecule has 1 aliphatic carbocycles. The molecule has 0 radical (unpaired) electrons. The number of esters is 1. The molecule has 2 aromatic rings. The van der Waals surface area contributed by atoms with Gasteiger partial charge in [0.2, 0.25) is 0 Å². The summed E-state index contributed by atoms with van der Waals surface area (Å²) in [4.78, 5) is 35.5. The first kappa shape index (κ1) is 20.3. The molecule has 2 aromatic carbocycles. The molecular formula is C21H23N3O5. The first-order valence-corrected chi connectivity index (χ1v) is 9.56. The number of hydrogen-bond donors (Lipinski definition) is 2. The van der Waals surface area contributed by atoms with Crippen molar-refractivity contribution < 1.29 is 19.2 Å². The van der Waals surface area contributed by atoms with Crippen LogP contribution in [0, 0.1) is 10.1 Å². The molecule has 8 heteroatoms. The van der Waals surface area contributed by atoms with Gasteiger partial charge in [-0.1, -0.05) is 42.5 Å². The molecule has 1 saturated carbocycles. The van der Waals surface area contributed by atoms with Crippen molar-refractivity contribution in [3.63, 3.8) is 0 Å². The Hall–Kier alpha value is -3.42. The van der Waals surface area contributed by atoms with E-state index in [2.05, 4.69) is 10.6 Å². The summed E-state index contributed by atoms with van der Waals surface area (Å²) in [6.45, 7) is 0.0900. The average Bonchev–Trinajstić information content (AvgIpc) is 3.24. The molecule has 0 bridgehead atoms. The second kappa shape index (κ2) is 9.68. The van der Waals surface area contributed by atoms with E-state index in [1.807, 2.05) is 6.07 Å². The van der Waals surface area contributed by atoms with Gasteiger partial charge in [0, 0.05) is 18.7 Å². The van der Waals surface area contributed by atoms with E-state index < -0.39 is 23.0 Å². The SMILES string of the molecule is O=C(NCc1cccc([N+](=O)[O-])c1)N[C@H](C(=O)OC1CCCC1)c1ccccc1. The minimum atomic E-state index is -0.929. The molecule has 8 nitrogen and oxygen atoms in total. The average molecular weight is 397 g/mol. The standard InChI is InChI=1S/C21H23N3O5/c25-20(29-18-11-4-5-12-18)19(16-8-2-1-3-9-16)23-21(26)22-14-15-7-6-10-17(13-15)24(27)28/h1-3,6-10,13,18-19H,4-5,11-12,14H2,(H2,22,23,26)/t19-/m0/s1. The van der Waals surface area contributed by atoms with Crippen molar-refractivity contribution in [2.45, 2.75) is 44.4 Å². The number of non-ortho nitro benzene ring substituents is 1. The highest BCUT2D eigenvalue weighted by Crippen LogP contribution is 2.24. The van der Waals surface area contributed by atoms with E-state index in [-0.39, 0.29) is 18.3 Å². The Morgan fingerprint density at radius 1 is 1.10 bits per heavy atom.